The van der Waals surface area contributed by atoms with Gasteiger partial charge in [0.25, 0.3) is 0 Å². The van der Waals surface area contributed by atoms with Crippen LogP contribution in [0.4, 0.5) is 20.7 Å². The summed E-state index contributed by atoms with van der Waals surface area (Å²) in [6.45, 7) is 7.86. The Balaban J connectivity index is 1.71. The van der Waals surface area contributed by atoms with Gasteiger partial charge in [0.15, 0.2) is 11.6 Å². The average molecular weight is 473 g/mol. The number of carbonyl (C=O) groups is 1. The number of anilines is 2. The molecule has 0 aliphatic rings. The van der Waals surface area contributed by atoms with Gasteiger partial charge in [-0.15, -0.1) is 0 Å². The molecular weight excluding hydrogens is 443 g/mol. The fourth-order valence-electron chi connectivity index (χ4n) is 3.09. The van der Waals surface area contributed by atoms with E-state index in [1.807, 2.05) is 13.0 Å². The van der Waals surface area contributed by atoms with Gasteiger partial charge >= 0.3 is 6.09 Å². The number of amides is 1. The Labute approximate surface area is 197 Å². The van der Waals surface area contributed by atoms with Crippen LogP contribution in [-0.2, 0) is 29.2 Å². The Morgan fingerprint density at radius 3 is 2.65 bits per heavy atom. The van der Waals surface area contributed by atoms with Gasteiger partial charge in [-0.2, -0.15) is 5.10 Å². The zero-order valence-electron chi connectivity index (χ0n) is 19.9. The normalized spacial score (nSPS) is 11.4. The van der Waals surface area contributed by atoms with Gasteiger partial charge in [-0.05, 0) is 57.5 Å². The molecule has 3 aromatic rings. The van der Waals surface area contributed by atoms with Crippen LogP contribution in [0.2, 0.25) is 0 Å². The predicted molar refractivity (Wildman–Crippen MR) is 125 cm³/mol. The third kappa shape index (κ3) is 6.41. The molecule has 0 spiro atoms. The quantitative estimate of drug-likeness (QED) is 0.468. The third-order valence-corrected chi connectivity index (χ3v) is 4.54. The lowest BCUT2D eigenvalue weighted by Gasteiger charge is -2.19. The highest BCUT2D eigenvalue weighted by molar-refractivity contribution is 5.83. The summed E-state index contributed by atoms with van der Waals surface area (Å²) in [6, 6.07) is 6.08. The first-order valence-electron chi connectivity index (χ1n) is 10.7. The SMILES string of the molecule is CCn1cnc(-c2cc(COCc3nc(NC(=O)OC(C)(C)C)ccc3F)cc(N)c2OC)n1. The lowest BCUT2D eigenvalue weighted by molar-refractivity contribution is 0.0635. The Morgan fingerprint density at radius 1 is 1.24 bits per heavy atom. The summed E-state index contributed by atoms with van der Waals surface area (Å²) in [5.41, 5.74) is 7.29. The van der Waals surface area contributed by atoms with Crippen molar-refractivity contribution in [3.8, 4) is 17.1 Å². The number of aromatic nitrogens is 4. The van der Waals surface area contributed by atoms with Gasteiger partial charge in [0.2, 0.25) is 0 Å². The summed E-state index contributed by atoms with van der Waals surface area (Å²) in [5, 5.41) is 6.90. The highest BCUT2D eigenvalue weighted by atomic mass is 19.1. The summed E-state index contributed by atoms with van der Waals surface area (Å²) in [4.78, 5) is 20.4. The van der Waals surface area contributed by atoms with Crippen LogP contribution in [-0.4, -0.2) is 38.6 Å². The Morgan fingerprint density at radius 2 is 2.00 bits per heavy atom. The maximum Gasteiger partial charge on any atom is 0.413 e. The fourth-order valence-corrected chi connectivity index (χ4v) is 3.09. The number of aryl methyl sites for hydroxylation is 1. The van der Waals surface area contributed by atoms with Crippen LogP contribution < -0.4 is 15.8 Å². The van der Waals surface area contributed by atoms with Crippen molar-refractivity contribution in [1.82, 2.24) is 19.7 Å². The summed E-state index contributed by atoms with van der Waals surface area (Å²) < 4.78 is 32.2. The molecule has 2 aromatic heterocycles. The number of nitrogens with two attached hydrogens (primary N) is 1. The number of halogens is 1. The van der Waals surface area contributed by atoms with E-state index >= 15 is 0 Å². The van der Waals surface area contributed by atoms with Gasteiger partial charge < -0.3 is 19.9 Å². The van der Waals surface area contributed by atoms with Crippen LogP contribution in [0.15, 0.2) is 30.6 Å². The number of nitrogens with zero attached hydrogens (tertiary/aromatic N) is 4. The van der Waals surface area contributed by atoms with E-state index in [1.54, 1.807) is 37.8 Å². The van der Waals surface area contributed by atoms with Gasteiger partial charge in [0, 0.05) is 6.54 Å². The number of pyridine rings is 1. The number of ether oxygens (including phenoxy) is 3. The van der Waals surface area contributed by atoms with Crippen LogP contribution in [0.5, 0.6) is 5.75 Å². The first-order chi connectivity index (χ1) is 16.1. The van der Waals surface area contributed by atoms with Gasteiger partial charge in [-0.3, -0.25) is 10.00 Å². The van der Waals surface area contributed by atoms with E-state index in [4.69, 9.17) is 19.9 Å². The van der Waals surface area contributed by atoms with E-state index in [-0.39, 0.29) is 24.7 Å². The van der Waals surface area contributed by atoms with Crippen molar-refractivity contribution < 1.29 is 23.4 Å². The maximum absolute atomic E-state index is 14.2. The van der Waals surface area contributed by atoms with Crippen molar-refractivity contribution in [1.29, 1.82) is 0 Å². The van der Waals surface area contributed by atoms with Crippen LogP contribution in [0.1, 0.15) is 39.0 Å². The zero-order chi connectivity index (χ0) is 24.9. The number of methoxy groups -OCH3 is 1. The number of carbonyl (C=O) groups excluding carboxylic acids is 1. The van der Waals surface area contributed by atoms with E-state index in [9.17, 15) is 9.18 Å². The van der Waals surface area contributed by atoms with Crippen molar-refractivity contribution in [3.05, 3.63) is 47.7 Å². The molecule has 182 valence electrons. The monoisotopic (exact) mass is 472 g/mol. The number of rotatable bonds is 8. The second-order valence-electron chi connectivity index (χ2n) is 8.43. The van der Waals surface area contributed by atoms with Gasteiger partial charge in [-0.1, -0.05) is 0 Å². The van der Waals surface area contributed by atoms with Crippen LogP contribution in [0.3, 0.4) is 0 Å². The van der Waals surface area contributed by atoms with E-state index in [1.165, 1.54) is 19.2 Å². The van der Waals surface area contributed by atoms with E-state index < -0.39 is 17.5 Å². The average Bonchev–Trinajstić information content (AvgIpc) is 3.23. The predicted octanol–water partition coefficient (Wildman–Crippen LogP) is 4.15. The lowest BCUT2D eigenvalue weighted by atomic mass is 10.1. The molecule has 1 aromatic carbocycles. The van der Waals surface area contributed by atoms with Crippen LogP contribution in [0, 0.1) is 5.82 Å². The molecule has 10 nitrogen and oxygen atoms in total. The zero-order valence-corrected chi connectivity index (χ0v) is 19.9. The Bertz CT molecular complexity index is 1160. The molecule has 0 saturated carbocycles. The summed E-state index contributed by atoms with van der Waals surface area (Å²) >= 11 is 0. The highest BCUT2D eigenvalue weighted by Crippen LogP contribution is 2.34. The van der Waals surface area contributed by atoms with Crippen molar-refractivity contribution >= 4 is 17.6 Å². The molecule has 0 aliphatic carbocycles. The molecule has 0 atom stereocenters. The molecule has 0 fully saturated rings. The van der Waals surface area contributed by atoms with Crippen molar-refractivity contribution in [2.45, 2.75) is 53.1 Å². The minimum atomic E-state index is -0.682. The van der Waals surface area contributed by atoms with Crippen molar-refractivity contribution in [2.24, 2.45) is 0 Å². The molecule has 34 heavy (non-hydrogen) atoms. The lowest BCUT2D eigenvalue weighted by Crippen LogP contribution is -2.27. The first-order valence-corrected chi connectivity index (χ1v) is 10.7. The summed E-state index contributed by atoms with van der Waals surface area (Å²) in [7, 11) is 1.52. The minimum Gasteiger partial charge on any atom is -0.494 e. The molecular formula is C23H29FN6O4. The number of hydrogen-bond acceptors (Lipinski definition) is 8. The first kappa shape index (κ1) is 24.9. The minimum absolute atomic E-state index is 0.0404. The largest absolute Gasteiger partial charge is 0.494 e. The molecule has 0 radical (unpaired) electrons. The van der Waals surface area contributed by atoms with Gasteiger partial charge in [0.1, 0.15) is 29.3 Å². The second-order valence-corrected chi connectivity index (χ2v) is 8.43. The van der Waals surface area contributed by atoms with E-state index in [2.05, 4.69) is 20.4 Å². The Kier molecular flexibility index (Phi) is 7.67. The molecule has 1 amide bonds. The third-order valence-electron chi connectivity index (χ3n) is 4.54. The molecule has 0 saturated heterocycles. The number of nitrogens with one attached hydrogen (secondary N) is 1. The van der Waals surface area contributed by atoms with Crippen LogP contribution in [0.25, 0.3) is 11.4 Å². The number of hydrogen-bond donors (Lipinski definition) is 2. The maximum atomic E-state index is 14.2. The topological polar surface area (TPSA) is 126 Å². The summed E-state index contributed by atoms with van der Waals surface area (Å²) in [6.07, 6.45) is 0.944. The van der Waals surface area contributed by atoms with Gasteiger partial charge in [-0.25, -0.2) is 19.2 Å². The van der Waals surface area contributed by atoms with Gasteiger partial charge in [0.05, 0.1) is 31.6 Å². The second kappa shape index (κ2) is 10.5. The molecule has 2 heterocycles. The molecule has 3 N–H and O–H groups in total. The molecule has 11 heteroatoms. The highest BCUT2D eigenvalue weighted by Gasteiger charge is 2.18. The van der Waals surface area contributed by atoms with Crippen molar-refractivity contribution in [2.75, 3.05) is 18.2 Å². The van der Waals surface area contributed by atoms with E-state index in [0.717, 1.165) is 5.56 Å². The standard InChI is InChI=1S/C23H29FN6O4/c1-6-30-13-26-21(29-30)15-9-14(10-17(25)20(15)32-5)11-33-12-18-16(24)7-8-19(27-18)28-22(31)34-23(2,3)4/h7-10,13H,6,11-12,25H2,1-5H3,(H,27,28,31). The van der Waals surface area contributed by atoms with E-state index in [0.29, 0.717) is 29.4 Å². The number of nitrogen functional groups attached to an aromatic ring is 1. The fraction of sp³-hybridized carbons (Fsp3) is 0.391. The molecule has 0 bridgehead atoms. The Hall–Kier alpha value is -3.73. The summed E-state index contributed by atoms with van der Waals surface area (Å²) in [5.74, 6) is 0.536. The molecule has 0 unspecified atom stereocenters. The molecule has 3 rings (SSSR count). The molecule has 0 aliphatic heterocycles. The van der Waals surface area contributed by atoms with Crippen LogP contribution >= 0.6 is 0 Å². The van der Waals surface area contributed by atoms with Crippen molar-refractivity contribution in [3.63, 3.8) is 0 Å². The number of benzene rings is 1. The smallest absolute Gasteiger partial charge is 0.413 e.